The molecule has 0 aliphatic carbocycles. The van der Waals surface area contributed by atoms with Gasteiger partial charge in [-0.15, -0.1) is 0 Å². The molecule has 134 valence electrons. The molecule has 0 saturated carbocycles. The molecule has 2 fully saturated rings. The number of amides is 1. The van der Waals surface area contributed by atoms with E-state index < -0.39 is 0 Å². The number of nitrogens with one attached hydrogen (secondary N) is 2. The first-order valence-corrected chi connectivity index (χ1v) is 9.18. The molecule has 0 bridgehead atoms. The monoisotopic (exact) mass is 342 g/mol. The van der Waals surface area contributed by atoms with Crippen LogP contribution < -0.4 is 0 Å². The van der Waals surface area contributed by atoms with Gasteiger partial charge in [-0.05, 0) is 25.7 Å². The maximum atomic E-state index is 12.5. The van der Waals surface area contributed by atoms with E-state index in [0.29, 0.717) is 24.3 Å². The number of aromatic nitrogens is 4. The number of H-pyrrole nitrogens is 2. The molecule has 0 spiro atoms. The van der Waals surface area contributed by atoms with E-state index in [9.17, 15) is 4.79 Å². The van der Waals surface area contributed by atoms with Gasteiger partial charge in [-0.25, -0.2) is 9.97 Å². The Labute approximate surface area is 147 Å². The van der Waals surface area contributed by atoms with Crippen molar-refractivity contribution in [2.24, 2.45) is 5.92 Å². The maximum absolute atomic E-state index is 12.5. The zero-order valence-corrected chi connectivity index (χ0v) is 14.7. The van der Waals surface area contributed by atoms with Crippen LogP contribution in [0, 0.1) is 12.8 Å². The lowest BCUT2D eigenvalue weighted by atomic mass is 9.83. The van der Waals surface area contributed by atoms with Gasteiger partial charge in [-0.1, -0.05) is 0 Å². The molecule has 7 nitrogen and oxygen atoms in total. The lowest BCUT2D eigenvalue weighted by Gasteiger charge is -2.47. The predicted octanol–water partition coefficient (Wildman–Crippen LogP) is 1.50. The standard InChI is InChI=1S/C18H26N6O/c1-13-20-9-16(22-13)11-23-6-5-17-14(10-23)2-3-18(25)24(17)7-4-15-8-19-12-21-15/h8-9,12,14,17H,2-7,10-11H2,1H3,(H,19,21)(H,20,22)/t14-,17+/m0/s1. The third-order valence-electron chi connectivity index (χ3n) is 5.55. The van der Waals surface area contributed by atoms with Crippen molar-refractivity contribution in [2.75, 3.05) is 19.6 Å². The molecule has 2 aromatic heterocycles. The first kappa shape index (κ1) is 16.3. The summed E-state index contributed by atoms with van der Waals surface area (Å²) in [5, 5.41) is 0. The molecule has 1 amide bonds. The Bertz CT molecular complexity index is 709. The van der Waals surface area contributed by atoms with Crippen molar-refractivity contribution in [3.05, 3.63) is 35.9 Å². The Morgan fingerprint density at radius 1 is 1.28 bits per heavy atom. The van der Waals surface area contributed by atoms with E-state index in [1.165, 1.54) is 5.69 Å². The van der Waals surface area contributed by atoms with Gasteiger partial charge >= 0.3 is 0 Å². The topological polar surface area (TPSA) is 80.9 Å². The molecule has 2 N–H and O–H groups in total. The number of carbonyl (C=O) groups excluding carboxylic acids is 1. The summed E-state index contributed by atoms with van der Waals surface area (Å²) in [6.45, 7) is 5.80. The summed E-state index contributed by atoms with van der Waals surface area (Å²) in [5.41, 5.74) is 2.28. The summed E-state index contributed by atoms with van der Waals surface area (Å²) in [5.74, 6) is 1.87. The van der Waals surface area contributed by atoms with Gasteiger partial charge in [0.25, 0.3) is 0 Å². The van der Waals surface area contributed by atoms with Gasteiger partial charge in [-0.3, -0.25) is 9.69 Å². The van der Waals surface area contributed by atoms with Crippen LogP contribution >= 0.6 is 0 Å². The summed E-state index contributed by atoms with van der Waals surface area (Å²) >= 11 is 0. The molecule has 25 heavy (non-hydrogen) atoms. The molecule has 0 unspecified atom stereocenters. The average Bonchev–Trinajstić information content (AvgIpc) is 3.26. The molecular formula is C18H26N6O. The maximum Gasteiger partial charge on any atom is 0.222 e. The van der Waals surface area contributed by atoms with Crippen molar-refractivity contribution < 1.29 is 4.79 Å². The second-order valence-electron chi connectivity index (χ2n) is 7.30. The van der Waals surface area contributed by atoms with Crippen molar-refractivity contribution in [3.63, 3.8) is 0 Å². The highest BCUT2D eigenvalue weighted by molar-refractivity contribution is 5.77. The van der Waals surface area contributed by atoms with Gasteiger partial charge in [0, 0.05) is 68.8 Å². The summed E-state index contributed by atoms with van der Waals surface area (Å²) in [6, 6.07) is 0.393. The third-order valence-corrected chi connectivity index (χ3v) is 5.55. The smallest absolute Gasteiger partial charge is 0.222 e. The zero-order chi connectivity index (χ0) is 17.2. The van der Waals surface area contributed by atoms with Crippen molar-refractivity contribution in [2.45, 2.75) is 45.2 Å². The van der Waals surface area contributed by atoms with Crippen molar-refractivity contribution >= 4 is 5.91 Å². The number of rotatable bonds is 5. The Morgan fingerprint density at radius 3 is 2.96 bits per heavy atom. The number of likely N-dealkylation sites (tertiary alicyclic amines) is 2. The van der Waals surface area contributed by atoms with E-state index in [1.54, 1.807) is 6.33 Å². The van der Waals surface area contributed by atoms with Gasteiger partial charge in [0.05, 0.1) is 6.33 Å². The van der Waals surface area contributed by atoms with Crippen molar-refractivity contribution in [1.29, 1.82) is 0 Å². The highest BCUT2D eigenvalue weighted by atomic mass is 16.2. The van der Waals surface area contributed by atoms with Crippen molar-refractivity contribution in [1.82, 2.24) is 29.7 Å². The number of aromatic amines is 2. The number of imidazole rings is 2. The quantitative estimate of drug-likeness (QED) is 0.863. The van der Waals surface area contributed by atoms with E-state index >= 15 is 0 Å². The van der Waals surface area contributed by atoms with E-state index in [-0.39, 0.29) is 0 Å². The number of hydrogen-bond donors (Lipinski definition) is 2. The molecule has 2 aliphatic heterocycles. The number of aryl methyl sites for hydroxylation is 1. The van der Waals surface area contributed by atoms with Crippen LogP contribution in [0.15, 0.2) is 18.7 Å². The fraction of sp³-hybridized carbons (Fsp3) is 0.611. The van der Waals surface area contributed by atoms with Crippen LogP contribution in [0.25, 0.3) is 0 Å². The molecule has 2 aliphatic rings. The Kier molecular flexibility index (Phi) is 4.57. The summed E-state index contributed by atoms with van der Waals surface area (Å²) in [4.78, 5) is 31.9. The number of carbonyl (C=O) groups is 1. The van der Waals surface area contributed by atoms with Gasteiger partial charge in [0.2, 0.25) is 5.91 Å². The van der Waals surface area contributed by atoms with Crippen LogP contribution in [0.4, 0.5) is 0 Å². The number of piperidine rings is 2. The average molecular weight is 342 g/mol. The van der Waals surface area contributed by atoms with E-state index in [1.807, 2.05) is 19.3 Å². The lowest BCUT2D eigenvalue weighted by Crippen LogP contribution is -2.56. The highest BCUT2D eigenvalue weighted by Gasteiger charge is 2.39. The molecule has 2 aromatic rings. The molecule has 7 heteroatoms. The Morgan fingerprint density at radius 2 is 2.20 bits per heavy atom. The van der Waals surface area contributed by atoms with Crippen molar-refractivity contribution in [3.8, 4) is 0 Å². The van der Waals surface area contributed by atoms with E-state index in [2.05, 4.69) is 29.7 Å². The number of hydrogen-bond acceptors (Lipinski definition) is 4. The number of nitrogens with zero attached hydrogens (tertiary/aromatic N) is 4. The molecule has 4 heterocycles. The molecule has 0 aromatic carbocycles. The highest BCUT2D eigenvalue weighted by Crippen LogP contribution is 2.31. The minimum absolute atomic E-state index is 0.318. The Hall–Kier alpha value is -2.15. The first-order chi connectivity index (χ1) is 12.2. The lowest BCUT2D eigenvalue weighted by molar-refractivity contribution is -0.141. The summed E-state index contributed by atoms with van der Waals surface area (Å²) < 4.78 is 0. The fourth-order valence-electron chi connectivity index (χ4n) is 4.32. The molecule has 0 radical (unpaired) electrons. The third kappa shape index (κ3) is 3.61. The van der Waals surface area contributed by atoms with Crippen LogP contribution in [-0.2, 0) is 17.8 Å². The molecule has 4 rings (SSSR count). The van der Waals surface area contributed by atoms with Gasteiger partial charge in [-0.2, -0.15) is 0 Å². The minimum atomic E-state index is 0.318. The SMILES string of the molecule is Cc1ncc(CN2CC[C@@H]3[C@@H](CCC(=O)N3CCc3cnc[nH]3)C2)[nH]1. The minimum Gasteiger partial charge on any atom is -0.348 e. The summed E-state index contributed by atoms with van der Waals surface area (Å²) in [6.07, 6.45) is 9.09. The van der Waals surface area contributed by atoms with Crippen LogP contribution in [0.3, 0.4) is 0 Å². The van der Waals surface area contributed by atoms with Crippen LogP contribution in [0.2, 0.25) is 0 Å². The normalized spacial score (nSPS) is 24.5. The largest absolute Gasteiger partial charge is 0.348 e. The molecular weight excluding hydrogens is 316 g/mol. The number of fused-ring (bicyclic) bond motifs is 1. The van der Waals surface area contributed by atoms with Gasteiger partial charge in [0.1, 0.15) is 5.82 Å². The second-order valence-corrected chi connectivity index (χ2v) is 7.30. The zero-order valence-electron chi connectivity index (χ0n) is 14.7. The van der Waals surface area contributed by atoms with E-state index in [0.717, 1.165) is 57.0 Å². The van der Waals surface area contributed by atoms with E-state index in [4.69, 9.17) is 0 Å². The van der Waals surface area contributed by atoms with Gasteiger partial charge in [0.15, 0.2) is 0 Å². The fourth-order valence-corrected chi connectivity index (χ4v) is 4.32. The predicted molar refractivity (Wildman–Crippen MR) is 93.7 cm³/mol. The van der Waals surface area contributed by atoms with Crippen LogP contribution in [0.1, 0.15) is 36.5 Å². The summed E-state index contributed by atoms with van der Waals surface area (Å²) in [7, 11) is 0. The molecule has 2 saturated heterocycles. The van der Waals surface area contributed by atoms with Gasteiger partial charge < -0.3 is 14.9 Å². The van der Waals surface area contributed by atoms with Crippen LogP contribution in [0.5, 0.6) is 0 Å². The first-order valence-electron chi connectivity index (χ1n) is 9.18. The van der Waals surface area contributed by atoms with Crippen LogP contribution in [-0.4, -0.2) is 61.3 Å². The Balaban J connectivity index is 1.37. The molecule has 2 atom stereocenters. The second kappa shape index (κ2) is 7.00.